The molecule has 524 valence electrons. The molecule has 0 bridgehead atoms. The van der Waals surface area contributed by atoms with Gasteiger partial charge in [0.2, 0.25) is 11.8 Å². The van der Waals surface area contributed by atoms with Crippen LogP contribution >= 0.6 is 45.9 Å². The van der Waals surface area contributed by atoms with Crippen molar-refractivity contribution in [3.63, 3.8) is 0 Å². The van der Waals surface area contributed by atoms with E-state index in [0.717, 1.165) is 48.7 Å². The van der Waals surface area contributed by atoms with E-state index in [1.807, 2.05) is 82.5 Å². The van der Waals surface area contributed by atoms with E-state index < -0.39 is 18.4 Å². The summed E-state index contributed by atoms with van der Waals surface area (Å²) in [6, 6.07) is 28.0. The smallest absolute Gasteiger partial charge is 0.416 e. The lowest BCUT2D eigenvalue weighted by Gasteiger charge is -2.38. The number of rotatable bonds is 22. The molecular formula is C76H74Cl2N6O15S2. The average molecular weight is 1450 g/mol. The summed E-state index contributed by atoms with van der Waals surface area (Å²) in [7, 11) is 2.98. The van der Waals surface area contributed by atoms with Crippen LogP contribution in [0.2, 0.25) is 0 Å². The number of benzene rings is 6. The number of nitrogens with zero attached hydrogens (tertiary/aromatic N) is 6. The third kappa shape index (κ3) is 14.2. The third-order valence-electron chi connectivity index (χ3n) is 19.0. The summed E-state index contributed by atoms with van der Waals surface area (Å²) in [5, 5.41) is 44.5. The Morgan fingerprint density at radius 1 is 0.624 bits per heavy atom. The molecule has 0 aliphatic carbocycles. The normalized spacial score (nSPS) is 18.8. The molecule has 6 aromatic carbocycles. The van der Waals surface area contributed by atoms with Gasteiger partial charge in [0.1, 0.15) is 31.3 Å². The number of hydrogen-bond acceptors (Lipinski definition) is 18. The fourth-order valence-electron chi connectivity index (χ4n) is 14.0. The van der Waals surface area contributed by atoms with Crippen LogP contribution in [-0.2, 0) is 23.8 Å². The second kappa shape index (κ2) is 31.2. The number of halogens is 2. The van der Waals surface area contributed by atoms with Gasteiger partial charge in [0.05, 0.1) is 99.4 Å². The first kappa shape index (κ1) is 70.0. The number of fused-ring (bicyclic) bond motifs is 10. The number of alkyl halides is 2. The van der Waals surface area contributed by atoms with Crippen LogP contribution in [-0.4, -0.2) is 178 Å². The summed E-state index contributed by atoms with van der Waals surface area (Å²) in [6.45, 7) is 6.06. The maximum Gasteiger partial charge on any atom is 0.416 e. The highest BCUT2D eigenvalue weighted by Crippen LogP contribution is 2.49. The Morgan fingerprint density at radius 3 is 1.66 bits per heavy atom. The second-order valence-electron chi connectivity index (χ2n) is 24.8. The average Bonchev–Trinajstić information content (AvgIpc) is 1.73. The van der Waals surface area contributed by atoms with Gasteiger partial charge in [0.25, 0.3) is 11.8 Å². The van der Waals surface area contributed by atoms with Crippen molar-refractivity contribution in [1.29, 1.82) is 0 Å². The molecule has 3 N–H and O–H groups in total. The van der Waals surface area contributed by atoms with E-state index in [1.165, 1.54) is 43.6 Å². The number of aromatic hydroxyl groups is 2. The Kier molecular flexibility index (Phi) is 21.6. The topological polar surface area (TPSA) is 239 Å². The zero-order valence-corrected chi connectivity index (χ0v) is 58.6. The Labute approximate surface area is 601 Å². The molecule has 14 rings (SSSR count). The Hall–Kier alpha value is -9.46. The molecule has 0 spiro atoms. The fourth-order valence-corrected chi connectivity index (χ4v) is 15.9. The van der Waals surface area contributed by atoms with Gasteiger partial charge in [-0.2, -0.15) is 22.7 Å². The largest absolute Gasteiger partial charge is 0.507 e. The number of phenols is 2. The monoisotopic (exact) mass is 1440 g/mol. The minimum absolute atomic E-state index is 0.0208. The number of methoxy groups -OCH3 is 2. The summed E-state index contributed by atoms with van der Waals surface area (Å²) in [6.07, 6.45) is 6.33. The lowest BCUT2D eigenvalue weighted by molar-refractivity contribution is -0.120. The van der Waals surface area contributed by atoms with Crippen molar-refractivity contribution in [2.24, 2.45) is 4.99 Å². The van der Waals surface area contributed by atoms with Gasteiger partial charge >= 0.3 is 6.09 Å². The molecule has 25 heteroatoms. The number of carbonyl (C=O) groups excluding carboxylic acids is 5. The summed E-state index contributed by atoms with van der Waals surface area (Å²) >= 11 is 15.8. The third-order valence-corrected chi connectivity index (χ3v) is 21.1. The molecular weight excluding hydrogens is 1370 g/mol. The number of ether oxygens (including phenoxy) is 7. The first-order chi connectivity index (χ1) is 49.2. The van der Waals surface area contributed by atoms with Crippen molar-refractivity contribution in [1.82, 2.24) is 9.80 Å². The maximum absolute atomic E-state index is 14.1. The number of carbonyl (C=O) groups is 5. The molecule has 0 saturated carbocycles. The number of aliphatic hydroxyl groups is 1. The van der Waals surface area contributed by atoms with Crippen molar-refractivity contribution in [2.45, 2.75) is 55.8 Å². The lowest BCUT2D eigenvalue weighted by Crippen LogP contribution is -2.54. The van der Waals surface area contributed by atoms with Gasteiger partial charge in [-0.05, 0) is 103 Å². The van der Waals surface area contributed by atoms with E-state index in [0.29, 0.717) is 78.4 Å². The summed E-state index contributed by atoms with van der Waals surface area (Å²) in [5.74, 6) is 1.47. The van der Waals surface area contributed by atoms with Gasteiger partial charge in [0.15, 0.2) is 29.2 Å². The highest BCUT2D eigenvalue weighted by atomic mass is 35.5. The Bertz CT molecular complexity index is 4570. The van der Waals surface area contributed by atoms with E-state index in [9.17, 15) is 39.3 Å². The molecule has 8 aromatic rings. The summed E-state index contributed by atoms with van der Waals surface area (Å²) in [5.41, 5.74) is 8.93. The molecule has 0 radical (unpaired) electrons. The van der Waals surface area contributed by atoms with Gasteiger partial charge in [0, 0.05) is 91.0 Å². The van der Waals surface area contributed by atoms with Crippen LogP contribution in [0.5, 0.6) is 34.5 Å². The number of anilines is 3. The van der Waals surface area contributed by atoms with Crippen molar-refractivity contribution in [2.75, 3.05) is 113 Å². The first-order valence-electron chi connectivity index (χ1n) is 33.1. The van der Waals surface area contributed by atoms with Gasteiger partial charge in [-0.25, -0.2) is 9.69 Å². The molecule has 8 heterocycles. The van der Waals surface area contributed by atoms with Gasteiger partial charge in [-0.1, -0.05) is 73.3 Å². The highest BCUT2D eigenvalue weighted by molar-refractivity contribution is 7.08. The number of phenolic OH excluding ortho intramolecular Hbond substituents is 2. The van der Waals surface area contributed by atoms with Crippen LogP contribution in [0.4, 0.5) is 27.5 Å². The van der Waals surface area contributed by atoms with Gasteiger partial charge in [-0.3, -0.25) is 24.2 Å². The first-order valence-corrected chi connectivity index (χ1v) is 36.1. The number of amides is 5. The Morgan fingerprint density at radius 2 is 1.14 bits per heavy atom. The predicted octanol–water partition coefficient (Wildman–Crippen LogP) is 13.3. The lowest BCUT2D eigenvalue weighted by atomic mass is 9.94. The van der Waals surface area contributed by atoms with E-state index in [-0.39, 0.29) is 141 Å². The summed E-state index contributed by atoms with van der Waals surface area (Å²) in [4.78, 5) is 80.3. The summed E-state index contributed by atoms with van der Waals surface area (Å²) < 4.78 is 40.1. The number of hydrogen-bond donors (Lipinski definition) is 3. The zero-order valence-electron chi connectivity index (χ0n) is 55.5. The van der Waals surface area contributed by atoms with E-state index in [1.54, 1.807) is 61.6 Å². The Balaban J connectivity index is 0.000000182. The molecule has 0 fully saturated rings. The highest BCUT2D eigenvalue weighted by Gasteiger charge is 2.45. The van der Waals surface area contributed by atoms with Gasteiger partial charge in [-0.15, -0.1) is 23.2 Å². The van der Waals surface area contributed by atoms with Crippen molar-refractivity contribution in [3.05, 3.63) is 177 Å². The SMILES string of the molecule is C=CCOC(=O)N1c2cc(OCCOCCC(=O)N3C[C@@H](CCl)c4c3cc(O)c3ccccc43)c(OC)cc2C(=O)N2CC=C(c3ccsc3)C[C@H]2C1O.COc1cc2c(cc1OCCOCCC(=O)N1C[C@@H](CCl)c3c1cc(O)c1ccccc31)N=C[C@@H]1CC(c3ccsc3)=CCN1C2=O. The molecule has 5 atom stereocenters. The number of thiophene rings is 2. The molecule has 6 aliphatic rings. The molecule has 6 aliphatic heterocycles. The van der Waals surface area contributed by atoms with Crippen LogP contribution < -0.4 is 33.6 Å². The van der Waals surface area contributed by atoms with Crippen LogP contribution in [0.25, 0.3) is 32.7 Å². The minimum Gasteiger partial charge on any atom is -0.507 e. The van der Waals surface area contributed by atoms with Crippen LogP contribution in [0, 0.1) is 0 Å². The van der Waals surface area contributed by atoms with E-state index in [2.05, 4.69) is 29.5 Å². The van der Waals surface area contributed by atoms with Crippen LogP contribution in [0.3, 0.4) is 0 Å². The van der Waals surface area contributed by atoms with E-state index in [4.69, 9.17) is 61.4 Å². The molecule has 101 heavy (non-hydrogen) atoms. The van der Waals surface area contributed by atoms with E-state index >= 15 is 0 Å². The van der Waals surface area contributed by atoms with Crippen LogP contribution in [0.1, 0.15) is 80.5 Å². The standard InChI is InChI=1S/C40H40ClN3O9S.C36H34ClN3O6S/c1-3-12-53-40(49)44-30-20-35(34(50-2)18-29(30)38(47)42-11-8-24(17-32(42)39(44)48)25-10-16-54-23-25)52-15-14-51-13-9-36(46)43-22-26(21-41)37-28-7-5-4-6-27(28)33(45)19-31(37)43;1-44-32-15-28-29(38-19-25-14-22(23-8-13-47-21-23)6-9-39(25)36(28)43)16-33(32)46-12-11-45-10-7-34(42)40-20-24(18-37)35-27-5-3-2-4-26(27)31(41)17-30(35)40/h3-8,10,16,18-20,23,26,32,39,45,48H,1,9,11-15,17,21-22H2,2H3;2-6,8,13,15-17,19,21,24-25,41H,7,9-12,14,18,20H2,1H3/t26-,32+,39?;24-,25+/m11/s1. The molecule has 0 saturated heterocycles. The maximum atomic E-state index is 14.1. The quantitative estimate of drug-likeness (QED) is 0.0325. The molecule has 1 unspecified atom stereocenters. The molecule has 21 nitrogen and oxygen atoms in total. The van der Waals surface area contributed by atoms with Crippen molar-refractivity contribution < 1.29 is 72.5 Å². The molecule has 2 aromatic heterocycles. The zero-order chi connectivity index (χ0) is 70.4. The number of aliphatic imine (C=N–C) groups is 1. The predicted molar refractivity (Wildman–Crippen MR) is 392 cm³/mol. The molecule has 5 amide bonds. The van der Waals surface area contributed by atoms with Crippen molar-refractivity contribution >= 4 is 137 Å². The number of aliphatic hydroxyl groups excluding tert-OH is 1. The van der Waals surface area contributed by atoms with Crippen molar-refractivity contribution in [3.8, 4) is 34.5 Å². The van der Waals surface area contributed by atoms with Gasteiger partial charge < -0.3 is 68.1 Å². The van der Waals surface area contributed by atoms with Crippen LogP contribution in [0.15, 0.2) is 148 Å². The second-order valence-corrected chi connectivity index (χ2v) is 27.0. The fraction of sp³-hybridized carbons (Fsp3) is 0.316. The minimum atomic E-state index is -1.44.